The SMILES string of the molecule is CN=C(N)Nc1ccc(F)cc1. The maximum atomic E-state index is 12.4. The summed E-state index contributed by atoms with van der Waals surface area (Å²) in [6, 6.07) is 5.89. The highest BCUT2D eigenvalue weighted by atomic mass is 19.1. The molecule has 0 bridgehead atoms. The van der Waals surface area contributed by atoms with Gasteiger partial charge in [-0.2, -0.15) is 0 Å². The molecule has 1 aromatic rings. The summed E-state index contributed by atoms with van der Waals surface area (Å²) in [4.78, 5) is 3.70. The van der Waals surface area contributed by atoms with Crippen molar-refractivity contribution >= 4 is 11.6 Å². The Morgan fingerprint density at radius 2 is 2.00 bits per heavy atom. The molecule has 0 radical (unpaired) electrons. The monoisotopic (exact) mass is 167 g/mol. The van der Waals surface area contributed by atoms with Crippen molar-refractivity contribution in [2.45, 2.75) is 0 Å². The van der Waals surface area contributed by atoms with Crippen LogP contribution in [-0.4, -0.2) is 13.0 Å². The van der Waals surface area contributed by atoms with Crippen LogP contribution in [-0.2, 0) is 0 Å². The number of rotatable bonds is 1. The van der Waals surface area contributed by atoms with Crippen molar-refractivity contribution in [1.29, 1.82) is 0 Å². The second kappa shape index (κ2) is 3.71. The topological polar surface area (TPSA) is 50.4 Å². The second-order valence-electron chi connectivity index (χ2n) is 2.24. The fourth-order valence-corrected chi connectivity index (χ4v) is 0.737. The predicted molar refractivity (Wildman–Crippen MR) is 47.6 cm³/mol. The molecule has 0 aliphatic rings. The van der Waals surface area contributed by atoms with Gasteiger partial charge in [-0.3, -0.25) is 4.99 Å². The smallest absolute Gasteiger partial charge is 0.192 e. The molecule has 12 heavy (non-hydrogen) atoms. The van der Waals surface area contributed by atoms with Crippen molar-refractivity contribution in [3.8, 4) is 0 Å². The van der Waals surface area contributed by atoms with Gasteiger partial charge >= 0.3 is 0 Å². The minimum Gasteiger partial charge on any atom is -0.370 e. The van der Waals surface area contributed by atoms with E-state index in [1.165, 1.54) is 12.1 Å². The molecule has 0 heterocycles. The summed E-state index contributed by atoms with van der Waals surface area (Å²) in [6.07, 6.45) is 0. The molecular weight excluding hydrogens is 157 g/mol. The van der Waals surface area contributed by atoms with Crippen molar-refractivity contribution in [2.24, 2.45) is 10.7 Å². The van der Waals surface area contributed by atoms with Gasteiger partial charge in [0.2, 0.25) is 0 Å². The van der Waals surface area contributed by atoms with Gasteiger partial charge in [0.15, 0.2) is 5.96 Å². The van der Waals surface area contributed by atoms with Gasteiger partial charge in [0.05, 0.1) is 0 Å². The average Bonchev–Trinajstić information content (AvgIpc) is 2.09. The standard InChI is InChI=1S/C8H10FN3/c1-11-8(10)12-7-4-2-6(9)3-5-7/h2-5H,1H3,(H3,10,11,12). The lowest BCUT2D eigenvalue weighted by Gasteiger charge is -2.03. The van der Waals surface area contributed by atoms with Crippen LogP contribution >= 0.6 is 0 Å². The molecule has 4 heteroatoms. The van der Waals surface area contributed by atoms with Crippen LogP contribution in [0, 0.1) is 5.82 Å². The molecule has 0 aliphatic carbocycles. The fraction of sp³-hybridized carbons (Fsp3) is 0.125. The fourth-order valence-electron chi connectivity index (χ4n) is 0.737. The molecule has 0 amide bonds. The number of guanidine groups is 1. The van der Waals surface area contributed by atoms with Gasteiger partial charge in [0, 0.05) is 12.7 Å². The Morgan fingerprint density at radius 3 is 2.50 bits per heavy atom. The van der Waals surface area contributed by atoms with Crippen LogP contribution < -0.4 is 11.1 Å². The second-order valence-corrected chi connectivity index (χ2v) is 2.24. The highest BCUT2D eigenvalue weighted by molar-refractivity contribution is 5.92. The molecule has 3 nitrogen and oxygen atoms in total. The zero-order valence-corrected chi connectivity index (χ0v) is 6.71. The van der Waals surface area contributed by atoms with E-state index in [2.05, 4.69) is 10.3 Å². The zero-order valence-electron chi connectivity index (χ0n) is 6.71. The summed E-state index contributed by atoms with van der Waals surface area (Å²) >= 11 is 0. The van der Waals surface area contributed by atoms with E-state index >= 15 is 0 Å². The molecule has 64 valence electrons. The predicted octanol–water partition coefficient (Wildman–Crippen LogP) is 1.18. The van der Waals surface area contributed by atoms with Crippen molar-refractivity contribution in [3.05, 3.63) is 30.1 Å². The first-order valence-corrected chi connectivity index (χ1v) is 3.47. The molecule has 0 fully saturated rings. The van der Waals surface area contributed by atoms with Gasteiger partial charge in [-0.1, -0.05) is 0 Å². The van der Waals surface area contributed by atoms with Crippen LogP contribution in [0.15, 0.2) is 29.3 Å². The molecule has 1 rings (SSSR count). The molecule has 0 saturated carbocycles. The summed E-state index contributed by atoms with van der Waals surface area (Å²) in [5.41, 5.74) is 6.11. The number of nitrogens with two attached hydrogens (primary N) is 1. The first kappa shape index (κ1) is 8.52. The van der Waals surface area contributed by atoms with Crippen LogP contribution in [0.1, 0.15) is 0 Å². The third-order valence-electron chi connectivity index (χ3n) is 1.36. The first-order valence-electron chi connectivity index (χ1n) is 3.47. The summed E-state index contributed by atoms with van der Waals surface area (Å²) in [5, 5.41) is 2.78. The minimum absolute atomic E-state index is 0.271. The largest absolute Gasteiger partial charge is 0.370 e. The first-order chi connectivity index (χ1) is 5.72. The summed E-state index contributed by atoms with van der Waals surface area (Å²) in [5.74, 6) is 0.0363. The molecule has 0 saturated heterocycles. The lowest BCUT2D eigenvalue weighted by molar-refractivity contribution is 0.628. The van der Waals surface area contributed by atoms with Crippen LogP contribution in [0.5, 0.6) is 0 Å². The van der Waals surface area contributed by atoms with Crippen LogP contribution in [0.25, 0.3) is 0 Å². The number of halogens is 1. The summed E-state index contributed by atoms with van der Waals surface area (Å²) in [6.45, 7) is 0. The van der Waals surface area contributed by atoms with Gasteiger partial charge in [-0.25, -0.2) is 4.39 Å². The van der Waals surface area contributed by atoms with Gasteiger partial charge in [-0.15, -0.1) is 0 Å². The molecule has 0 spiro atoms. The van der Waals surface area contributed by atoms with E-state index in [1.54, 1.807) is 19.2 Å². The van der Waals surface area contributed by atoms with E-state index in [-0.39, 0.29) is 5.82 Å². The summed E-state index contributed by atoms with van der Waals surface area (Å²) < 4.78 is 12.4. The van der Waals surface area contributed by atoms with Crippen molar-refractivity contribution in [2.75, 3.05) is 12.4 Å². The van der Waals surface area contributed by atoms with E-state index in [1.807, 2.05) is 0 Å². The maximum absolute atomic E-state index is 12.4. The third kappa shape index (κ3) is 2.23. The molecule has 3 N–H and O–H groups in total. The molecule has 1 aromatic carbocycles. The van der Waals surface area contributed by atoms with E-state index in [9.17, 15) is 4.39 Å². The molecule has 0 aliphatic heterocycles. The van der Waals surface area contributed by atoms with Crippen LogP contribution in [0.2, 0.25) is 0 Å². The normalized spacial score (nSPS) is 11.3. The van der Waals surface area contributed by atoms with Crippen molar-refractivity contribution in [3.63, 3.8) is 0 Å². The lowest BCUT2D eigenvalue weighted by atomic mass is 10.3. The van der Waals surface area contributed by atoms with Crippen LogP contribution in [0.4, 0.5) is 10.1 Å². The van der Waals surface area contributed by atoms with Gasteiger partial charge in [-0.05, 0) is 24.3 Å². The summed E-state index contributed by atoms with van der Waals surface area (Å²) in [7, 11) is 1.58. The Morgan fingerprint density at radius 1 is 1.42 bits per heavy atom. The van der Waals surface area contributed by atoms with E-state index < -0.39 is 0 Å². The highest BCUT2D eigenvalue weighted by Gasteiger charge is 1.93. The lowest BCUT2D eigenvalue weighted by Crippen LogP contribution is -2.21. The quantitative estimate of drug-likeness (QED) is 0.487. The Labute approximate surface area is 70.1 Å². The molecule has 0 atom stereocenters. The molecular formula is C8H10FN3. The maximum Gasteiger partial charge on any atom is 0.192 e. The Hall–Kier alpha value is -1.58. The average molecular weight is 167 g/mol. The molecule has 0 aromatic heterocycles. The van der Waals surface area contributed by atoms with Gasteiger partial charge in [0.1, 0.15) is 5.82 Å². The minimum atomic E-state index is -0.271. The van der Waals surface area contributed by atoms with Crippen LogP contribution in [0.3, 0.4) is 0 Å². The zero-order chi connectivity index (χ0) is 8.97. The number of hydrogen-bond donors (Lipinski definition) is 2. The van der Waals surface area contributed by atoms with E-state index in [4.69, 9.17) is 5.73 Å². The Balaban J connectivity index is 2.71. The van der Waals surface area contributed by atoms with Gasteiger partial charge < -0.3 is 11.1 Å². The van der Waals surface area contributed by atoms with E-state index in [0.29, 0.717) is 5.96 Å². The number of aliphatic imine (C=N–C) groups is 1. The van der Waals surface area contributed by atoms with E-state index in [0.717, 1.165) is 5.69 Å². The number of anilines is 1. The molecule has 0 unspecified atom stereocenters. The van der Waals surface area contributed by atoms with Crippen molar-refractivity contribution in [1.82, 2.24) is 0 Å². The number of benzene rings is 1. The number of hydrogen-bond acceptors (Lipinski definition) is 1. The Kier molecular flexibility index (Phi) is 2.63. The number of nitrogens with zero attached hydrogens (tertiary/aromatic N) is 1. The Bertz CT molecular complexity index is 279. The highest BCUT2D eigenvalue weighted by Crippen LogP contribution is 2.07. The third-order valence-corrected chi connectivity index (χ3v) is 1.36. The number of nitrogens with one attached hydrogen (secondary N) is 1. The van der Waals surface area contributed by atoms with Gasteiger partial charge in [0.25, 0.3) is 0 Å². The van der Waals surface area contributed by atoms with Crippen molar-refractivity contribution < 1.29 is 4.39 Å².